The van der Waals surface area contributed by atoms with E-state index >= 15 is 0 Å². The lowest BCUT2D eigenvalue weighted by molar-refractivity contribution is 0.00337. The summed E-state index contributed by atoms with van der Waals surface area (Å²) in [7, 11) is 0. The van der Waals surface area contributed by atoms with Crippen molar-refractivity contribution in [3.05, 3.63) is 10.7 Å². The molecule has 68 valence electrons. The van der Waals surface area contributed by atoms with E-state index in [4.69, 9.17) is 10.1 Å². The molecule has 0 amide bonds. The minimum absolute atomic E-state index is 0.131. The molecule has 3 nitrogen and oxygen atoms in total. The molecule has 12 heavy (non-hydrogen) atoms. The van der Waals surface area contributed by atoms with Gasteiger partial charge in [-0.3, -0.25) is 0 Å². The van der Waals surface area contributed by atoms with Crippen LogP contribution >= 0.6 is 15.9 Å². The van der Waals surface area contributed by atoms with Gasteiger partial charge in [-0.05, 0) is 35.2 Å². The lowest BCUT2D eigenvalue weighted by Gasteiger charge is -2.22. The molecule has 1 aliphatic rings. The normalized spacial score (nSPS) is 25.1. The third kappa shape index (κ3) is 3.36. The Bertz CT molecular complexity index is 176. The van der Waals surface area contributed by atoms with Crippen LogP contribution in [-0.4, -0.2) is 19.0 Å². The third-order valence-corrected chi connectivity index (χ3v) is 2.18. The summed E-state index contributed by atoms with van der Waals surface area (Å²) >= 11 is 3.20. The SMILES string of the molecule is N=C/C(Br)=C\NC1CCCCO1. The van der Waals surface area contributed by atoms with Crippen LogP contribution in [0.1, 0.15) is 19.3 Å². The van der Waals surface area contributed by atoms with Gasteiger partial charge in [-0.25, -0.2) is 0 Å². The summed E-state index contributed by atoms with van der Waals surface area (Å²) in [6.45, 7) is 0.841. The molecule has 2 N–H and O–H groups in total. The molecule has 4 heteroatoms. The van der Waals surface area contributed by atoms with E-state index in [2.05, 4.69) is 21.2 Å². The quantitative estimate of drug-likeness (QED) is 0.732. The molecule has 1 saturated heterocycles. The second-order valence-electron chi connectivity index (χ2n) is 2.70. The fourth-order valence-electron chi connectivity index (χ4n) is 1.09. The molecule has 1 aliphatic heterocycles. The highest BCUT2D eigenvalue weighted by atomic mass is 79.9. The molecule has 0 bridgehead atoms. The van der Waals surface area contributed by atoms with Crippen molar-refractivity contribution < 1.29 is 4.74 Å². The van der Waals surface area contributed by atoms with Gasteiger partial charge in [0.2, 0.25) is 0 Å². The van der Waals surface area contributed by atoms with Gasteiger partial charge < -0.3 is 15.5 Å². The van der Waals surface area contributed by atoms with Crippen LogP contribution in [0, 0.1) is 5.41 Å². The zero-order valence-corrected chi connectivity index (χ0v) is 8.43. The molecule has 0 spiro atoms. The monoisotopic (exact) mass is 232 g/mol. The molecule has 0 radical (unpaired) electrons. The minimum Gasteiger partial charge on any atom is -0.365 e. The Morgan fingerprint density at radius 2 is 2.42 bits per heavy atom. The highest BCUT2D eigenvalue weighted by Gasteiger charge is 2.10. The van der Waals surface area contributed by atoms with E-state index in [9.17, 15) is 0 Å². The molecule has 0 aliphatic carbocycles. The van der Waals surface area contributed by atoms with Crippen molar-refractivity contribution in [2.24, 2.45) is 0 Å². The molecule has 1 fully saturated rings. The molecule has 0 aromatic heterocycles. The number of hydrogen-bond acceptors (Lipinski definition) is 3. The first-order valence-electron chi connectivity index (χ1n) is 4.06. The Balaban J connectivity index is 2.25. The molecular formula is C8H13BrN2O. The third-order valence-electron chi connectivity index (χ3n) is 1.72. The maximum atomic E-state index is 6.90. The van der Waals surface area contributed by atoms with Gasteiger partial charge in [0.1, 0.15) is 6.23 Å². The van der Waals surface area contributed by atoms with Crippen LogP contribution in [0.2, 0.25) is 0 Å². The van der Waals surface area contributed by atoms with E-state index in [-0.39, 0.29) is 6.23 Å². The van der Waals surface area contributed by atoms with Crippen LogP contribution in [0.5, 0.6) is 0 Å². The van der Waals surface area contributed by atoms with Crippen molar-refractivity contribution in [3.8, 4) is 0 Å². The van der Waals surface area contributed by atoms with Crippen molar-refractivity contribution in [3.63, 3.8) is 0 Å². The van der Waals surface area contributed by atoms with Crippen molar-refractivity contribution in [2.45, 2.75) is 25.5 Å². The van der Waals surface area contributed by atoms with E-state index < -0.39 is 0 Å². The van der Waals surface area contributed by atoms with Crippen molar-refractivity contribution in [2.75, 3.05) is 6.61 Å². The Labute approximate surface area is 80.8 Å². The van der Waals surface area contributed by atoms with Gasteiger partial charge in [-0.2, -0.15) is 0 Å². The number of rotatable bonds is 3. The smallest absolute Gasteiger partial charge is 0.127 e. The summed E-state index contributed by atoms with van der Waals surface area (Å²) in [6.07, 6.45) is 6.56. The molecule has 1 rings (SSSR count). The fraction of sp³-hybridized carbons (Fsp3) is 0.625. The van der Waals surface area contributed by atoms with E-state index in [0.717, 1.165) is 23.9 Å². The van der Waals surface area contributed by atoms with Gasteiger partial charge >= 0.3 is 0 Å². The number of ether oxygens (including phenoxy) is 1. The number of nitrogens with one attached hydrogen (secondary N) is 2. The minimum atomic E-state index is 0.131. The van der Waals surface area contributed by atoms with Crippen molar-refractivity contribution >= 4 is 22.1 Å². The van der Waals surface area contributed by atoms with E-state index in [1.807, 2.05) is 0 Å². The lowest BCUT2D eigenvalue weighted by atomic mass is 10.2. The average molecular weight is 233 g/mol. The predicted octanol–water partition coefficient (Wildman–Crippen LogP) is 1.99. The summed E-state index contributed by atoms with van der Waals surface area (Å²) in [4.78, 5) is 0. The van der Waals surface area contributed by atoms with Gasteiger partial charge in [0.15, 0.2) is 0 Å². The Morgan fingerprint density at radius 1 is 1.58 bits per heavy atom. The van der Waals surface area contributed by atoms with Crippen LogP contribution in [0.15, 0.2) is 10.7 Å². The average Bonchev–Trinajstić information content (AvgIpc) is 2.16. The Morgan fingerprint density at radius 3 is 3.00 bits per heavy atom. The van der Waals surface area contributed by atoms with Crippen LogP contribution < -0.4 is 5.32 Å². The van der Waals surface area contributed by atoms with Gasteiger partial charge in [-0.1, -0.05) is 0 Å². The Kier molecular flexibility index (Phi) is 4.32. The molecule has 1 unspecified atom stereocenters. The largest absolute Gasteiger partial charge is 0.365 e. The summed E-state index contributed by atoms with van der Waals surface area (Å²) in [6, 6.07) is 0. The van der Waals surface area contributed by atoms with Gasteiger partial charge in [-0.15, -0.1) is 0 Å². The van der Waals surface area contributed by atoms with E-state index in [1.54, 1.807) is 6.20 Å². The van der Waals surface area contributed by atoms with Crippen LogP contribution in [0.4, 0.5) is 0 Å². The summed E-state index contributed by atoms with van der Waals surface area (Å²) in [5.41, 5.74) is 0. The summed E-state index contributed by atoms with van der Waals surface area (Å²) in [5, 5.41) is 9.99. The first-order chi connectivity index (χ1) is 5.83. The van der Waals surface area contributed by atoms with Gasteiger partial charge in [0.25, 0.3) is 0 Å². The van der Waals surface area contributed by atoms with Gasteiger partial charge in [0.05, 0.1) is 4.48 Å². The van der Waals surface area contributed by atoms with E-state index in [0.29, 0.717) is 0 Å². The molecule has 0 saturated carbocycles. The molecule has 0 aromatic rings. The molecule has 0 aromatic carbocycles. The number of hydrogen-bond donors (Lipinski definition) is 2. The van der Waals surface area contributed by atoms with Crippen LogP contribution in [0.25, 0.3) is 0 Å². The van der Waals surface area contributed by atoms with Gasteiger partial charge in [0, 0.05) is 19.0 Å². The van der Waals surface area contributed by atoms with Crippen LogP contribution in [0.3, 0.4) is 0 Å². The maximum Gasteiger partial charge on any atom is 0.127 e. The standard InChI is InChI=1S/C8H13BrN2O/c9-7(5-10)6-11-8-3-1-2-4-12-8/h5-6,8,10-11H,1-4H2/b7-6+,10-5?. The topological polar surface area (TPSA) is 45.1 Å². The highest BCUT2D eigenvalue weighted by Crippen LogP contribution is 2.10. The second kappa shape index (κ2) is 5.32. The maximum absolute atomic E-state index is 6.90. The fourth-order valence-corrected chi connectivity index (χ4v) is 1.22. The zero-order valence-electron chi connectivity index (χ0n) is 6.85. The lowest BCUT2D eigenvalue weighted by Crippen LogP contribution is -2.31. The highest BCUT2D eigenvalue weighted by molar-refractivity contribution is 9.12. The van der Waals surface area contributed by atoms with Crippen LogP contribution in [-0.2, 0) is 4.74 Å². The molecular weight excluding hydrogens is 220 g/mol. The molecule has 1 atom stereocenters. The Hall–Kier alpha value is -0.350. The zero-order chi connectivity index (χ0) is 8.81. The van der Waals surface area contributed by atoms with E-state index in [1.165, 1.54) is 12.6 Å². The number of halogens is 1. The second-order valence-corrected chi connectivity index (χ2v) is 3.61. The first kappa shape index (κ1) is 9.74. The van der Waals surface area contributed by atoms with Crippen molar-refractivity contribution in [1.29, 1.82) is 5.41 Å². The first-order valence-corrected chi connectivity index (χ1v) is 4.86. The predicted molar refractivity (Wildman–Crippen MR) is 52.5 cm³/mol. The van der Waals surface area contributed by atoms with Crippen molar-refractivity contribution in [1.82, 2.24) is 5.32 Å². The summed E-state index contributed by atoms with van der Waals surface area (Å²) in [5.74, 6) is 0. The summed E-state index contributed by atoms with van der Waals surface area (Å²) < 4.78 is 6.15. The number of allylic oxidation sites excluding steroid dienone is 1. The molecule has 1 heterocycles.